The number of benzene rings is 1. The second-order valence-electron chi connectivity index (χ2n) is 5.56. The van der Waals surface area contributed by atoms with Crippen molar-refractivity contribution in [2.24, 2.45) is 0 Å². The molecule has 2 aromatic rings. The first-order valence-corrected chi connectivity index (χ1v) is 8.05. The van der Waals surface area contributed by atoms with Crippen molar-refractivity contribution >= 4 is 5.91 Å². The summed E-state index contributed by atoms with van der Waals surface area (Å²) in [5.41, 5.74) is 0.888. The van der Waals surface area contributed by atoms with E-state index in [9.17, 15) is 9.18 Å². The molecule has 5 heteroatoms. The second kappa shape index (κ2) is 7.90. The molecule has 1 aromatic heterocycles. The lowest BCUT2D eigenvalue weighted by Crippen LogP contribution is -2.33. The number of amides is 1. The largest absolute Gasteiger partial charge is 0.441 e. The lowest BCUT2D eigenvalue weighted by atomic mass is 10.2. The molecule has 0 fully saturated rings. The van der Waals surface area contributed by atoms with Crippen LogP contribution in [0.25, 0.3) is 11.5 Å². The maximum atomic E-state index is 13.8. The Labute approximate surface area is 136 Å². The van der Waals surface area contributed by atoms with E-state index in [1.54, 1.807) is 25.1 Å². The summed E-state index contributed by atoms with van der Waals surface area (Å²) in [4.78, 5) is 18.6. The molecule has 0 aliphatic heterocycles. The first-order chi connectivity index (χ1) is 11.1. The Kier molecular flexibility index (Phi) is 5.90. The monoisotopic (exact) mass is 318 g/mol. The average molecular weight is 318 g/mol. The minimum absolute atomic E-state index is 0.0326. The number of oxazole rings is 1. The highest BCUT2D eigenvalue weighted by molar-refractivity contribution is 5.78. The van der Waals surface area contributed by atoms with Gasteiger partial charge in [0, 0.05) is 13.1 Å². The van der Waals surface area contributed by atoms with Gasteiger partial charge >= 0.3 is 0 Å². The minimum atomic E-state index is -0.384. The fraction of sp³-hybridized carbons (Fsp3) is 0.444. The molecular formula is C18H23FN2O2. The molecule has 0 atom stereocenters. The van der Waals surface area contributed by atoms with Gasteiger partial charge in [-0.3, -0.25) is 4.79 Å². The van der Waals surface area contributed by atoms with Crippen LogP contribution in [0.2, 0.25) is 0 Å². The maximum Gasteiger partial charge on any atom is 0.229 e. The summed E-state index contributed by atoms with van der Waals surface area (Å²) in [6.45, 7) is 7.33. The molecule has 0 N–H and O–H groups in total. The molecule has 0 spiro atoms. The second-order valence-corrected chi connectivity index (χ2v) is 5.56. The van der Waals surface area contributed by atoms with Crippen molar-refractivity contribution < 1.29 is 13.6 Å². The molecule has 124 valence electrons. The molecule has 4 nitrogen and oxygen atoms in total. The molecule has 0 saturated carbocycles. The van der Waals surface area contributed by atoms with Gasteiger partial charge in [0.05, 0.1) is 17.7 Å². The number of halogens is 1. The highest BCUT2D eigenvalue weighted by atomic mass is 19.1. The van der Waals surface area contributed by atoms with Crippen molar-refractivity contribution in [1.82, 2.24) is 9.88 Å². The average Bonchev–Trinajstić information content (AvgIpc) is 2.88. The third-order valence-electron chi connectivity index (χ3n) is 3.66. The van der Waals surface area contributed by atoms with Crippen molar-refractivity contribution in [2.45, 2.75) is 40.0 Å². The Morgan fingerprint density at radius 2 is 1.87 bits per heavy atom. The van der Waals surface area contributed by atoms with Crippen LogP contribution in [0.5, 0.6) is 0 Å². The van der Waals surface area contributed by atoms with E-state index in [1.165, 1.54) is 6.07 Å². The number of hydrogen-bond donors (Lipinski definition) is 0. The Morgan fingerprint density at radius 3 is 2.48 bits per heavy atom. The van der Waals surface area contributed by atoms with E-state index in [2.05, 4.69) is 4.98 Å². The van der Waals surface area contributed by atoms with Gasteiger partial charge in [0.2, 0.25) is 11.8 Å². The van der Waals surface area contributed by atoms with Crippen LogP contribution in [0.15, 0.2) is 28.7 Å². The minimum Gasteiger partial charge on any atom is -0.441 e. The molecule has 0 saturated heterocycles. The quantitative estimate of drug-likeness (QED) is 0.775. The van der Waals surface area contributed by atoms with Gasteiger partial charge in [0.1, 0.15) is 11.6 Å². The van der Waals surface area contributed by atoms with Gasteiger partial charge in [0.25, 0.3) is 0 Å². The van der Waals surface area contributed by atoms with Crippen LogP contribution >= 0.6 is 0 Å². The number of nitrogens with zero attached hydrogens (tertiary/aromatic N) is 2. The molecule has 0 aliphatic carbocycles. The van der Waals surface area contributed by atoms with Crippen molar-refractivity contribution in [3.63, 3.8) is 0 Å². The van der Waals surface area contributed by atoms with Crippen molar-refractivity contribution in [2.75, 3.05) is 13.1 Å². The Hall–Kier alpha value is -2.17. The van der Waals surface area contributed by atoms with Gasteiger partial charge in [-0.2, -0.15) is 0 Å². The molecule has 1 amide bonds. The van der Waals surface area contributed by atoms with Crippen molar-refractivity contribution in [1.29, 1.82) is 0 Å². The summed E-state index contributed by atoms with van der Waals surface area (Å²) in [5.74, 6) is 0.431. The van der Waals surface area contributed by atoms with Crippen LogP contribution < -0.4 is 0 Å². The van der Waals surface area contributed by atoms with E-state index in [-0.39, 0.29) is 24.0 Å². The van der Waals surface area contributed by atoms with E-state index in [1.807, 2.05) is 18.7 Å². The SMILES string of the molecule is CCCN(CCC)C(=O)Cc1nc(-c2ccccc2F)oc1C. The number of aromatic nitrogens is 1. The van der Waals surface area contributed by atoms with Crippen LogP contribution in [-0.2, 0) is 11.2 Å². The normalized spacial score (nSPS) is 10.8. The topological polar surface area (TPSA) is 46.3 Å². The Balaban J connectivity index is 2.18. The Morgan fingerprint density at radius 1 is 1.22 bits per heavy atom. The summed E-state index contributed by atoms with van der Waals surface area (Å²) >= 11 is 0. The molecule has 0 bridgehead atoms. The fourth-order valence-electron chi connectivity index (χ4n) is 2.50. The van der Waals surface area contributed by atoms with Crippen LogP contribution in [0.3, 0.4) is 0 Å². The maximum absolute atomic E-state index is 13.8. The standard InChI is InChI=1S/C18H23FN2O2/c1-4-10-21(11-5-2)17(22)12-16-13(3)23-18(20-16)14-8-6-7-9-15(14)19/h6-9H,4-5,10-12H2,1-3H3. The molecule has 0 radical (unpaired) electrons. The van der Waals surface area contributed by atoms with Crippen LogP contribution in [0.4, 0.5) is 4.39 Å². The molecular weight excluding hydrogens is 295 g/mol. The first kappa shape index (κ1) is 17.2. The summed E-state index contributed by atoms with van der Waals surface area (Å²) in [5, 5.41) is 0. The van der Waals surface area contributed by atoms with E-state index in [0.717, 1.165) is 25.9 Å². The number of aryl methyl sites for hydroxylation is 1. The van der Waals surface area contributed by atoms with E-state index in [0.29, 0.717) is 17.0 Å². The van der Waals surface area contributed by atoms with E-state index >= 15 is 0 Å². The third kappa shape index (κ3) is 4.18. The number of carbonyl (C=O) groups excluding carboxylic acids is 1. The molecule has 0 aliphatic rings. The van der Waals surface area contributed by atoms with Crippen LogP contribution in [0, 0.1) is 12.7 Å². The smallest absolute Gasteiger partial charge is 0.229 e. The molecule has 1 aromatic carbocycles. The first-order valence-electron chi connectivity index (χ1n) is 8.05. The van der Waals surface area contributed by atoms with Gasteiger partial charge in [-0.1, -0.05) is 26.0 Å². The van der Waals surface area contributed by atoms with E-state index in [4.69, 9.17) is 4.42 Å². The van der Waals surface area contributed by atoms with Crippen molar-refractivity contribution in [3.05, 3.63) is 41.5 Å². The highest BCUT2D eigenvalue weighted by Crippen LogP contribution is 2.24. The molecule has 0 unspecified atom stereocenters. The summed E-state index contributed by atoms with van der Waals surface area (Å²) in [6, 6.07) is 6.33. The van der Waals surface area contributed by atoms with Gasteiger partial charge in [-0.25, -0.2) is 9.37 Å². The fourth-order valence-corrected chi connectivity index (χ4v) is 2.50. The highest BCUT2D eigenvalue weighted by Gasteiger charge is 2.19. The van der Waals surface area contributed by atoms with Crippen molar-refractivity contribution in [3.8, 4) is 11.5 Å². The summed E-state index contributed by atoms with van der Waals surface area (Å²) < 4.78 is 19.4. The molecule has 2 rings (SSSR count). The van der Waals surface area contributed by atoms with E-state index < -0.39 is 0 Å². The van der Waals surface area contributed by atoms with Crippen LogP contribution in [-0.4, -0.2) is 28.9 Å². The van der Waals surface area contributed by atoms with Gasteiger partial charge in [0.15, 0.2) is 0 Å². The zero-order valence-electron chi connectivity index (χ0n) is 13.9. The van der Waals surface area contributed by atoms with Gasteiger partial charge in [-0.15, -0.1) is 0 Å². The Bertz CT molecular complexity index is 661. The molecule has 1 heterocycles. The number of carbonyl (C=O) groups is 1. The zero-order chi connectivity index (χ0) is 16.8. The van der Waals surface area contributed by atoms with Gasteiger partial charge in [-0.05, 0) is 31.9 Å². The lowest BCUT2D eigenvalue weighted by molar-refractivity contribution is -0.130. The number of hydrogen-bond acceptors (Lipinski definition) is 3. The zero-order valence-corrected chi connectivity index (χ0v) is 13.9. The van der Waals surface area contributed by atoms with Crippen LogP contribution in [0.1, 0.15) is 38.1 Å². The molecule has 23 heavy (non-hydrogen) atoms. The summed E-state index contributed by atoms with van der Waals surface area (Å²) in [7, 11) is 0. The predicted octanol–water partition coefficient (Wildman–Crippen LogP) is 3.98. The third-order valence-corrected chi connectivity index (χ3v) is 3.66. The predicted molar refractivity (Wildman–Crippen MR) is 87.5 cm³/mol. The number of rotatable bonds is 7. The lowest BCUT2D eigenvalue weighted by Gasteiger charge is -2.20. The summed E-state index contributed by atoms with van der Waals surface area (Å²) in [6.07, 6.45) is 2.03. The van der Waals surface area contributed by atoms with Gasteiger partial charge < -0.3 is 9.32 Å².